The molecule has 1 aromatic heterocycles. The lowest BCUT2D eigenvalue weighted by molar-refractivity contribution is -0.137. The Balaban J connectivity index is 2.55. The molecule has 0 saturated carbocycles. The van der Waals surface area contributed by atoms with Gasteiger partial charge in [0.25, 0.3) is 0 Å². The normalized spacial score (nSPS) is 12.1. The zero-order valence-electron chi connectivity index (χ0n) is 8.36. The van der Waals surface area contributed by atoms with Crippen molar-refractivity contribution in [3.8, 4) is 0 Å². The van der Waals surface area contributed by atoms with Crippen LogP contribution < -0.4 is 5.32 Å². The molecular weight excluding hydrogens is 198 g/mol. The Hall–Kier alpha value is -1.85. The number of carbonyl (C=O) groups excluding carboxylic acids is 1. The third-order valence-corrected chi connectivity index (χ3v) is 1.85. The van der Waals surface area contributed by atoms with Crippen LogP contribution in [0.4, 0.5) is 0 Å². The van der Waals surface area contributed by atoms with E-state index in [2.05, 4.69) is 15.3 Å². The largest absolute Gasteiger partial charge is 0.481 e. The van der Waals surface area contributed by atoms with Crippen LogP contribution in [-0.2, 0) is 16.0 Å². The number of rotatable bonds is 5. The number of aromatic amines is 1. The fraction of sp³-hybridized carbons (Fsp3) is 0.444. The number of carbonyl (C=O) groups is 2. The smallest absolute Gasteiger partial charge is 0.305 e. The number of amides is 1. The highest BCUT2D eigenvalue weighted by atomic mass is 16.4. The summed E-state index contributed by atoms with van der Waals surface area (Å²) in [6.07, 6.45) is 3.46. The van der Waals surface area contributed by atoms with Crippen LogP contribution in [0.1, 0.15) is 19.0 Å². The molecule has 0 radical (unpaired) electrons. The maximum absolute atomic E-state index is 10.8. The summed E-state index contributed by atoms with van der Waals surface area (Å²) in [5.74, 6) is -1.17. The molecule has 82 valence electrons. The number of aliphatic carboxylic acids is 1. The number of hydrogen-bond acceptors (Lipinski definition) is 3. The molecule has 0 spiro atoms. The van der Waals surface area contributed by atoms with E-state index in [1.165, 1.54) is 13.3 Å². The van der Waals surface area contributed by atoms with Gasteiger partial charge in [-0.3, -0.25) is 9.59 Å². The summed E-state index contributed by atoms with van der Waals surface area (Å²) in [7, 11) is 0. The molecular formula is C9H13N3O3. The van der Waals surface area contributed by atoms with Crippen LogP contribution in [-0.4, -0.2) is 33.0 Å². The van der Waals surface area contributed by atoms with E-state index in [0.717, 1.165) is 5.69 Å². The van der Waals surface area contributed by atoms with Gasteiger partial charge in [0.15, 0.2) is 0 Å². The van der Waals surface area contributed by atoms with Gasteiger partial charge >= 0.3 is 5.97 Å². The molecule has 0 aliphatic rings. The van der Waals surface area contributed by atoms with Crippen molar-refractivity contribution in [1.82, 2.24) is 15.3 Å². The van der Waals surface area contributed by atoms with Crippen LogP contribution in [0.2, 0.25) is 0 Å². The SMILES string of the molecule is CC(=O)N[C@H](CC(=O)O)Cc1cnc[nH]1. The van der Waals surface area contributed by atoms with Crippen molar-refractivity contribution in [3.05, 3.63) is 18.2 Å². The number of imidazole rings is 1. The minimum absolute atomic E-state index is 0.0986. The molecule has 15 heavy (non-hydrogen) atoms. The predicted molar refractivity (Wildman–Crippen MR) is 52.1 cm³/mol. The van der Waals surface area contributed by atoms with Gasteiger partial charge in [-0.2, -0.15) is 0 Å². The van der Waals surface area contributed by atoms with E-state index >= 15 is 0 Å². The first kappa shape index (κ1) is 11.2. The molecule has 6 heteroatoms. The third-order valence-electron chi connectivity index (χ3n) is 1.85. The first-order chi connectivity index (χ1) is 7.08. The van der Waals surface area contributed by atoms with Gasteiger partial charge in [-0.05, 0) is 0 Å². The lowest BCUT2D eigenvalue weighted by Gasteiger charge is -2.14. The number of H-pyrrole nitrogens is 1. The molecule has 1 amide bonds. The third kappa shape index (κ3) is 4.26. The van der Waals surface area contributed by atoms with Crippen molar-refractivity contribution in [3.63, 3.8) is 0 Å². The van der Waals surface area contributed by atoms with E-state index in [1.54, 1.807) is 6.20 Å². The van der Waals surface area contributed by atoms with E-state index in [1.807, 2.05) is 0 Å². The number of carboxylic acid groups (broad SMARTS) is 1. The Morgan fingerprint density at radius 1 is 1.67 bits per heavy atom. The zero-order chi connectivity index (χ0) is 11.3. The second-order valence-corrected chi connectivity index (χ2v) is 3.28. The summed E-state index contributed by atoms with van der Waals surface area (Å²) >= 11 is 0. The molecule has 0 unspecified atom stereocenters. The van der Waals surface area contributed by atoms with Crippen LogP contribution in [0, 0.1) is 0 Å². The first-order valence-corrected chi connectivity index (χ1v) is 4.54. The van der Waals surface area contributed by atoms with E-state index in [-0.39, 0.29) is 12.3 Å². The van der Waals surface area contributed by atoms with Gasteiger partial charge in [0.2, 0.25) is 5.91 Å². The summed E-state index contributed by atoms with van der Waals surface area (Å²) in [6.45, 7) is 1.36. The highest BCUT2D eigenvalue weighted by molar-refractivity contribution is 5.74. The minimum atomic E-state index is -0.937. The van der Waals surface area contributed by atoms with Crippen LogP contribution >= 0.6 is 0 Å². The molecule has 0 aliphatic carbocycles. The molecule has 0 aromatic carbocycles. The summed E-state index contributed by atoms with van der Waals surface area (Å²) in [5.41, 5.74) is 0.801. The van der Waals surface area contributed by atoms with Crippen molar-refractivity contribution < 1.29 is 14.7 Å². The average molecular weight is 211 g/mol. The average Bonchev–Trinajstić information content (AvgIpc) is 2.53. The van der Waals surface area contributed by atoms with Crippen LogP contribution in [0.25, 0.3) is 0 Å². The van der Waals surface area contributed by atoms with Gasteiger partial charge in [-0.1, -0.05) is 0 Å². The lowest BCUT2D eigenvalue weighted by atomic mass is 10.1. The zero-order valence-corrected chi connectivity index (χ0v) is 8.36. The summed E-state index contributed by atoms with van der Waals surface area (Å²) in [5, 5.41) is 11.2. The van der Waals surface area contributed by atoms with Crippen molar-refractivity contribution in [2.45, 2.75) is 25.8 Å². The number of nitrogens with one attached hydrogen (secondary N) is 2. The highest BCUT2D eigenvalue weighted by Crippen LogP contribution is 2.02. The maximum atomic E-state index is 10.8. The monoisotopic (exact) mass is 211 g/mol. The number of aromatic nitrogens is 2. The second-order valence-electron chi connectivity index (χ2n) is 3.28. The summed E-state index contributed by atoms with van der Waals surface area (Å²) < 4.78 is 0. The van der Waals surface area contributed by atoms with E-state index in [4.69, 9.17) is 5.11 Å². The lowest BCUT2D eigenvalue weighted by Crippen LogP contribution is -2.36. The summed E-state index contributed by atoms with van der Waals surface area (Å²) in [4.78, 5) is 28.1. The van der Waals surface area contributed by atoms with Gasteiger partial charge in [0.1, 0.15) is 0 Å². The molecule has 0 fully saturated rings. The van der Waals surface area contributed by atoms with Crippen molar-refractivity contribution in [2.24, 2.45) is 0 Å². The number of carboxylic acids is 1. The van der Waals surface area contributed by atoms with Gasteiger partial charge in [-0.25, -0.2) is 4.98 Å². The van der Waals surface area contributed by atoms with Gasteiger partial charge in [-0.15, -0.1) is 0 Å². The molecule has 1 heterocycles. The Morgan fingerprint density at radius 2 is 2.40 bits per heavy atom. The molecule has 0 aliphatic heterocycles. The molecule has 1 aromatic rings. The topological polar surface area (TPSA) is 95.1 Å². The number of hydrogen-bond donors (Lipinski definition) is 3. The Morgan fingerprint density at radius 3 is 2.87 bits per heavy atom. The molecule has 0 saturated heterocycles. The van der Waals surface area contributed by atoms with E-state index in [9.17, 15) is 9.59 Å². The second kappa shape index (κ2) is 5.14. The number of nitrogens with zero attached hydrogens (tertiary/aromatic N) is 1. The predicted octanol–water partition coefficient (Wildman–Crippen LogP) is -0.0684. The molecule has 0 bridgehead atoms. The van der Waals surface area contributed by atoms with Gasteiger partial charge in [0.05, 0.1) is 12.7 Å². The van der Waals surface area contributed by atoms with Gasteiger partial charge < -0.3 is 15.4 Å². The molecule has 1 atom stereocenters. The highest BCUT2D eigenvalue weighted by Gasteiger charge is 2.15. The van der Waals surface area contributed by atoms with Gasteiger partial charge in [0, 0.05) is 31.3 Å². The van der Waals surface area contributed by atoms with Crippen molar-refractivity contribution >= 4 is 11.9 Å². The molecule has 3 N–H and O–H groups in total. The van der Waals surface area contributed by atoms with Crippen LogP contribution in [0.5, 0.6) is 0 Å². The quantitative estimate of drug-likeness (QED) is 0.635. The Bertz CT molecular complexity index is 318. The minimum Gasteiger partial charge on any atom is -0.481 e. The fourth-order valence-corrected chi connectivity index (χ4v) is 1.33. The molecule has 1 rings (SSSR count). The summed E-state index contributed by atoms with van der Waals surface area (Å²) in [6, 6.07) is -0.402. The Kier molecular flexibility index (Phi) is 3.84. The van der Waals surface area contributed by atoms with Crippen molar-refractivity contribution in [2.75, 3.05) is 0 Å². The fourth-order valence-electron chi connectivity index (χ4n) is 1.33. The van der Waals surface area contributed by atoms with E-state index in [0.29, 0.717) is 6.42 Å². The van der Waals surface area contributed by atoms with Crippen molar-refractivity contribution in [1.29, 1.82) is 0 Å². The Labute approximate surface area is 86.7 Å². The standard InChI is InChI=1S/C9H13N3O3/c1-6(13)12-7(3-9(14)15)2-8-4-10-5-11-8/h4-5,7H,2-3H2,1H3,(H,10,11)(H,12,13)(H,14,15)/t7-/m0/s1. The van der Waals surface area contributed by atoms with E-state index < -0.39 is 12.0 Å². The van der Waals surface area contributed by atoms with Crippen LogP contribution in [0.15, 0.2) is 12.5 Å². The van der Waals surface area contributed by atoms with Crippen LogP contribution in [0.3, 0.4) is 0 Å². The maximum Gasteiger partial charge on any atom is 0.305 e. The first-order valence-electron chi connectivity index (χ1n) is 4.54. The molecule has 6 nitrogen and oxygen atoms in total.